The molecule has 0 aliphatic heterocycles. The van der Waals surface area contributed by atoms with Crippen molar-refractivity contribution in [2.45, 2.75) is 26.2 Å². The Labute approximate surface area is 105 Å². The van der Waals surface area contributed by atoms with Gasteiger partial charge < -0.3 is 9.97 Å². The van der Waals surface area contributed by atoms with Crippen molar-refractivity contribution in [3.63, 3.8) is 0 Å². The lowest BCUT2D eigenvalue weighted by atomic mass is 10.1. The van der Waals surface area contributed by atoms with Gasteiger partial charge in [0.2, 0.25) is 0 Å². The van der Waals surface area contributed by atoms with Gasteiger partial charge in [-0.3, -0.25) is 0 Å². The molecule has 0 radical (unpaired) electrons. The molecule has 1 aromatic carbocycles. The number of aromatic amines is 2. The normalized spacial score (nSPS) is 10.8. The number of aromatic nitrogens is 2. The van der Waals surface area contributed by atoms with Crippen LogP contribution in [0.4, 0.5) is 0 Å². The molecule has 84 valence electrons. The Kier molecular flexibility index (Phi) is 3.51. The summed E-state index contributed by atoms with van der Waals surface area (Å²) in [5.41, 5.74) is 3.39. The quantitative estimate of drug-likeness (QED) is 0.796. The lowest BCUT2D eigenvalue weighted by Gasteiger charge is -2.03. The van der Waals surface area contributed by atoms with Gasteiger partial charge in [-0.25, -0.2) is 0 Å². The summed E-state index contributed by atoms with van der Waals surface area (Å²) < 4.78 is 1.21. The van der Waals surface area contributed by atoms with E-state index in [2.05, 4.69) is 35.1 Å². The number of unbranched alkanes of at least 4 members (excludes halogenated alkanes) is 1. The SMILES string of the molecule is CCCCc1ccc2[nH]c(=S)c(=S)[nH]c2c1. The number of hydrogen-bond acceptors (Lipinski definition) is 2. The summed E-state index contributed by atoms with van der Waals surface area (Å²) in [5.74, 6) is 0. The average molecular weight is 250 g/mol. The highest BCUT2D eigenvalue weighted by Crippen LogP contribution is 2.13. The van der Waals surface area contributed by atoms with Crippen molar-refractivity contribution in [1.82, 2.24) is 9.97 Å². The van der Waals surface area contributed by atoms with E-state index in [1.165, 1.54) is 18.4 Å². The van der Waals surface area contributed by atoms with Gasteiger partial charge in [-0.05, 0) is 30.5 Å². The van der Waals surface area contributed by atoms with Crippen molar-refractivity contribution in [1.29, 1.82) is 0 Å². The molecule has 1 heterocycles. The first kappa shape index (κ1) is 11.5. The van der Waals surface area contributed by atoms with Gasteiger partial charge in [-0.15, -0.1) is 0 Å². The maximum Gasteiger partial charge on any atom is 0.138 e. The van der Waals surface area contributed by atoms with E-state index in [0.29, 0.717) is 9.28 Å². The molecule has 2 nitrogen and oxygen atoms in total. The monoisotopic (exact) mass is 250 g/mol. The van der Waals surface area contributed by atoms with Crippen LogP contribution >= 0.6 is 24.4 Å². The number of benzene rings is 1. The summed E-state index contributed by atoms with van der Waals surface area (Å²) in [7, 11) is 0. The number of H-pyrrole nitrogens is 2. The number of rotatable bonds is 3. The molecule has 0 unspecified atom stereocenters. The molecule has 16 heavy (non-hydrogen) atoms. The van der Waals surface area contributed by atoms with Crippen LogP contribution in [0.3, 0.4) is 0 Å². The van der Waals surface area contributed by atoms with Crippen LogP contribution < -0.4 is 0 Å². The largest absolute Gasteiger partial charge is 0.342 e. The fourth-order valence-corrected chi connectivity index (χ4v) is 2.02. The molecule has 0 saturated carbocycles. The molecule has 0 aliphatic rings. The molecule has 0 aliphatic carbocycles. The highest BCUT2D eigenvalue weighted by atomic mass is 32.1. The minimum atomic E-state index is 0.601. The highest BCUT2D eigenvalue weighted by molar-refractivity contribution is 7.73. The first-order chi connectivity index (χ1) is 7.70. The smallest absolute Gasteiger partial charge is 0.138 e. The predicted octanol–water partition coefficient (Wildman–Crippen LogP) is 4.30. The van der Waals surface area contributed by atoms with Crippen LogP contribution in [-0.2, 0) is 6.42 Å². The average Bonchev–Trinajstić information content (AvgIpc) is 2.28. The number of hydrogen-bond donors (Lipinski definition) is 2. The van der Waals surface area contributed by atoms with Crippen LogP contribution in [0.5, 0.6) is 0 Å². The Hall–Kier alpha value is -1.00. The third-order valence-electron chi connectivity index (χ3n) is 2.61. The maximum atomic E-state index is 5.12. The van der Waals surface area contributed by atoms with Crippen LogP contribution in [0.25, 0.3) is 11.0 Å². The fourth-order valence-electron chi connectivity index (χ4n) is 1.70. The summed E-state index contributed by atoms with van der Waals surface area (Å²) in [6.45, 7) is 2.20. The van der Waals surface area contributed by atoms with Crippen LogP contribution in [-0.4, -0.2) is 9.97 Å². The topological polar surface area (TPSA) is 31.6 Å². The fraction of sp³-hybridized carbons (Fsp3) is 0.333. The lowest BCUT2D eigenvalue weighted by molar-refractivity contribution is 0.795. The van der Waals surface area contributed by atoms with Crippen LogP contribution in [0.2, 0.25) is 0 Å². The summed E-state index contributed by atoms with van der Waals surface area (Å²) in [4.78, 5) is 6.27. The van der Waals surface area contributed by atoms with Gasteiger partial charge in [0.25, 0.3) is 0 Å². The number of nitrogens with one attached hydrogen (secondary N) is 2. The first-order valence-electron chi connectivity index (χ1n) is 5.46. The van der Waals surface area contributed by atoms with E-state index >= 15 is 0 Å². The van der Waals surface area contributed by atoms with E-state index in [9.17, 15) is 0 Å². The minimum Gasteiger partial charge on any atom is -0.342 e. The highest BCUT2D eigenvalue weighted by Gasteiger charge is 1.97. The molecule has 2 rings (SSSR count). The second-order valence-electron chi connectivity index (χ2n) is 3.89. The lowest BCUT2D eigenvalue weighted by Crippen LogP contribution is -1.89. The third-order valence-corrected chi connectivity index (χ3v) is 3.35. The van der Waals surface area contributed by atoms with Crippen LogP contribution in [0, 0.1) is 9.28 Å². The number of fused-ring (bicyclic) bond motifs is 1. The van der Waals surface area contributed by atoms with Crippen molar-refractivity contribution in [3.05, 3.63) is 33.0 Å². The van der Waals surface area contributed by atoms with Crippen LogP contribution in [0.15, 0.2) is 18.2 Å². The third kappa shape index (κ3) is 2.39. The van der Waals surface area contributed by atoms with Gasteiger partial charge in [0.15, 0.2) is 0 Å². The Bertz CT molecular complexity index is 610. The second kappa shape index (κ2) is 4.89. The van der Waals surface area contributed by atoms with Gasteiger partial charge in [0.1, 0.15) is 9.28 Å². The van der Waals surface area contributed by atoms with E-state index in [0.717, 1.165) is 17.5 Å². The maximum absolute atomic E-state index is 5.12. The summed E-state index contributed by atoms with van der Waals surface area (Å²) >= 11 is 10.2. The summed E-state index contributed by atoms with van der Waals surface area (Å²) in [5, 5.41) is 0. The molecule has 0 atom stereocenters. The summed E-state index contributed by atoms with van der Waals surface area (Å²) in [6, 6.07) is 6.34. The molecule has 0 fully saturated rings. The Morgan fingerprint density at radius 3 is 2.44 bits per heavy atom. The zero-order valence-electron chi connectivity index (χ0n) is 9.17. The van der Waals surface area contributed by atoms with E-state index in [1.807, 2.05) is 0 Å². The minimum absolute atomic E-state index is 0.601. The van der Waals surface area contributed by atoms with Crippen molar-refractivity contribution in [2.24, 2.45) is 0 Å². The molecule has 0 bridgehead atoms. The summed E-state index contributed by atoms with van der Waals surface area (Å²) in [6.07, 6.45) is 3.54. The Morgan fingerprint density at radius 1 is 1.06 bits per heavy atom. The van der Waals surface area contributed by atoms with Gasteiger partial charge in [0.05, 0.1) is 11.0 Å². The molecule has 1 aromatic heterocycles. The predicted molar refractivity (Wildman–Crippen MR) is 72.9 cm³/mol. The van der Waals surface area contributed by atoms with Gasteiger partial charge in [-0.1, -0.05) is 43.8 Å². The van der Waals surface area contributed by atoms with E-state index in [-0.39, 0.29) is 0 Å². The number of aryl methyl sites for hydroxylation is 1. The Morgan fingerprint density at radius 2 is 1.75 bits per heavy atom. The van der Waals surface area contributed by atoms with Crippen molar-refractivity contribution in [2.75, 3.05) is 0 Å². The van der Waals surface area contributed by atoms with Crippen LogP contribution in [0.1, 0.15) is 25.3 Å². The second-order valence-corrected chi connectivity index (χ2v) is 4.71. The molecule has 4 heteroatoms. The van der Waals surface area contributed by atoms with Gasteiger partial charge in [-0.2, -0.15) is 0 Å². The molecular formula is C12H14N2S2. The van der Waals surface area contributed by atoms with Crippen molar-refractivity contribution < 1.29 is 0 Å². The zero-order chi connectivity index (χ0) is 11.5. The molecule has 0 amide bonds. The molecule has 0 spiro atoms. The standard InChI is InChI=1S/C12H14N2S2/c1-2-3-4-8-5-6-9-10(7-8)14-12(16)11(15)13-9/h5-7H,2-4H2,1H3,(H,13,15)(H,14,16). The Balaban J connectivity index is 2.49. The van der Waals surface area contributed by atoms with Gasteiger partial charge in [0, 0.05) is 0 Å². The molecular weight excluding hydrogens is 236 g/mol. The van der Waals surface area contributed by atoms with Gasteiger partial charge >= 0.3 is 0 Å². The molecule has 0 saturated heterocycles. The van der Waals surface area contributed by atoms with E-state index in [1.54, 1.807) is 0 Å². The van der Waals surface area contributed by atoms with Crippen molar-refractivity contribution >= 4 is 35.5 Å². The van der Waals surface area contributed by atoms with Crippen molar-refractivity contribution in [3.8, 4) is 0 Å². The molecule has 2 N–H and O–H groups in total. The molecule has 2 aromatic rings. The first-order valence-corrected chi connectivity index (χ1v) is 6.27. The zero-order valence-corrected chi connectivity index (χ0v) is 10.8. The van der Waals surface area contributed by atoms with E-state index in [4.69, 9.17) is 24.4 Å². The van der Waals surface area contributed by atoms with E-state index < -0.39 is 0 Å².